The fourth-order valence-corrected chi connectivity index (χ4v) is 4.71. The zero-order chi connectivity index (χ0) is 15.0. The molecule has 0 saturated carbocycles. The second-order valence-electron chi connectivity index (χ2n) is 6.41. The fraction of sp³-hybridized carbons (Fsp3) is 0.600. The number of piperidine rings is 1. The summed E-state index contributed by atoms with van der Waals surface area (Å²) in [6.07, 6.45) is 2.00. The molecule has 0 aromatic heterocycles. The van der Waals surface area contributed by atoms with E-state index in [-0.39, 0.29) is 5.41 Å². The third-order valence-electron chi connectivity index (χ3n) is 3.96. The summed E-state index contributed by atoms with van der Waals surface area (Å²) in [5, 5.41) is 0. The van der Waals surface area contributed by atoms with Crippen LogP contribution >= 0.6 is 0 Å². The van der Waals surface area contributed by atoms with E-state index in [0.29, 0.717) is 24.5 Å². The smallest absolute Gasteiger partial charge is 0.243 e. The molecule has 1 aliphatic rings. The number of nitrogens with two attached hydrogens (primary N) is 1. The zero-order valence-corrected chi connectivity index (χ0v) is 13.3. The van der Waals surface area contributed by atoms with E-state index in [0.717, 1.165) is 24.0 Å². The maximum absolute atomic E-state index is 12.8. The van der Waals surface area contributed by atoms with E-state index in [1.807, 2.05) is 13.0 Å². The SMILES string of the molecule is Cc1cc(CN)ccc1S(=O)(=O)N1CCCC(C)(C)C1. The van der Waals surface area contributed by atoms with E-state index in [2.05, 4.69) is 13.8 Å². The quantitative estimate of drug-likeness (QED) is 0.930. The molecule has 4 nitrogen and oxygen atoms in total. The molecule has 0 bridgehead atoms. The predicted octanol–water partition coefficient (Wildman–Crippen LogP) is 2.26. The Balaban J connectivity index is 2.35. The van der Waals surface area contributed by atoms with Crippen LogP contribution in [0.2, 0.25) is 0 Å². The van der Waals surface area contributed by atoms with Crippen molar-refractivity contribution in [3.8, 4) is 0 Å². The van der Waals surface area contributed by atoms with E-state index in [1.54, 1.807) is 16.4 Å². The average molecular weight is 296 g/mol. The van der Waals surface area contributed by atoms with Crippen LogP contribution in [0.25, 0.3) is 0 Å². The molecule has 1 fully saturated rings. The van der Waals surface area contributed by atoms with Crippen molar-refractivity contribution in [3.63, 3.8) is 0 Å². The maximum Gasteiger partial charge on any atom is 0.243 e. The van der Waals surface area contributed by atoms with E-state index < -0.39 is 10.0 Å². The van der Waals surface area contributed by atoms with E-state index in [9.17, 15) is 8.42 Å². The third kappa shape index (κ3) is 3.05. The largest absolute Gasteiger partial charge is 0.326 e. The van der Waals surface area contributed by atoms with Crippen molar-refractivity contribution >= 4 is 10.0 Å². The van der Waals surface area contributed by atoms with Crippen LogP contribution in [0.1, 0.15) is 37.8 Å². The lowest BCUT2D eigenvalue weighted by Crippen LogP contribution is -2.43. The molecule has 5 heteroatoms. The summed E-state index contributed by atoms with van der Waals surface area (Å²) in [5.74, 6) is 0. The standard InChI is InChI=1S/C15H24N2O2S/c1-12-9-13(10-16)5-6-14(12)20(18,19)17-8-4-7-15(2,3)11-17/h5-6,9H,4,7-8,10-11,16H2,1-3H3. The maximum atomic E-state index is 12.8. The predicted molar refractivity (Wildman–Crippen MR) is 80.8 cm³/mol. The van der Waals surface area contributed by atoms with Gasteiger partial charge in [0, 0.05) is 19.6 Å². The first-order chi connectivity index (χ1) is 9.26. The normalized spacial score (nSPS) is 20.0. The average Bonchev–Trinajstić information content (AvgIpc) is 2.37. The van der Waals surface area contributed by atoms with Crippen molar-refractivity contribution in [1.82, 2.24) is 4.31 Å². The highest BCUT2D eigenvalue weighted by atomic mass is 32.2. The Labute approximate surface area is 122 Å². The Bertz CT molecular complexity index is 594. The lowest BCUT2D eigenvalue weighted by atomic mass is 9.85. The Morgan fingerprint density at radius 3 is 2.60 bits per heavy atom. The molecule has 1 aliphatic heterocycles. The molecule has 1 saturated heterocycles. The second kappa shape index (κ2) is 5.47. The molecule has 0 aliphatic carbocycles. The van der Waals surface area contributed by atoms with E-state index >= 15 is 0 Å². The minimum absolute atomic E-state index is 0.0520. The molecule has 0 radical (unpaired) electrons. The van der Waals surface area contributed by atoms with Gasteiger partial charge in [0.2, 0.25) is 10.0 Å². The third-order valence-corrected chi connectivity index (χ3v) is 5.96. The highest BCUT2D eigenvalue weighted by molar-refractivity contribution is 7.89. The molecule has 1 heterocycles. The Morgan fingerprint density at radius 1 is 1.35 bits per heavy atom. The van der Waals surface area contributed by atoms with Gasteiger partial charge in [0.15, 0.2) is 0 Å². The lowest BCUT2D eigenvalue weighted by molar-refractivity contribution is 0.187. The van der Waals surface area contributed by atoms with Gasteiger partial charge in [0.05, 0.1) is 4.90 Å². The van der Waals surface area contributed by atoms with Gasteiger partial charge >= 0.3 is 0 Å². The van der Waals surface area contributed by atoms with Crippen LogP contribution < -0.4 is 5.73 Å². The molecule has 0 spiro atoms. The summed E-state index contributed by atoms with van der Waals surface area (Å²) in [6.45, 7) is 7.72. The van der Waals surface area contributed by atoms with Crippen LogP contribution in [-0.2, 0) is 16.6 Å². The van der Waals surface area contributed by atoms with Gasteiger partial charge in [-0.3, -0.25) is 0 Å². The van der Waals surface area contributed by atoms with Gasteiger partial charge in [-0.2, -0.15) is 4.31 Å². The van der Waals surface area contributed by atoms with Crippen LogP contribution in [0.15, 0.2) is 23.1 Å². The van der Waals surface area contributed by atoms with Crippen molar-refractivity contribution in [3.05, 3.63) is 29.3 Å². The summed E-state index contributed by atoms with van der Waals surface area (Å²) in [4.78, 5) is 0.410. The first kappa shape index (κ1) is 15.5. The molecule has 2 N–H and O–H groups in total. The fourth-order valence-electron chi connectivity index (χ4n) is 2.84. The van der Waals surface area contributed by atoms with Gasteiger partial charge in [-0.25, -0.2) is 8.42 Å². The van der Waals surface area contributed by atoms with Crippen LogP contribution in [0, 0.1) is 12.3 Å². The first-order valence-corrected chi connectivity index (χ1v) is 8.50. The minimum Gasteiger partial charge on any atom is -0.326 e. The molecule has 20 heavy (non-hydrogen) atoms. The topological polar surface area (TPSA) is 63.4 Å². The second-order valence-corrected chi connectivity index (χ2v) is 8.32. The van der Waals surface area contributed by atoms with Gasteiger partial charge in [0.1, 0.15) is 0 Å². The van der Waals surface area contributed by atoms with Crippen LogP contribution in [0.4, 0.5) is 0 Å². The molecule has 1 aromatic rings. The van der Waals surface area contributed by atoms with E-state index in [4.69, 9.17) is 5.73 Å². The van der Waals surface area contributed by atoms with Gasteiger partial charge < -0.3 is 5.73 Å². The van der Waals surface area contributed by atoms with Crippen molar-refractivity contribution in [2.24, 2.45) is 11.1 Å². The van der Waals surface area contributed by atoms with Gasteiger partial charge in [-0.1, -0.05) is 26.0 Å². The summed E-state index contributed by atoms with van der Waals surface area (Å²) in [5.41, 5.74) is 7.38. The Hall–Kier alpha value is -0.910. The Kier molecular flexibility index (Phi) is 4.23. The van der Waals surface area contributed by atoms with Crippen LogP contribution in [-0.4, -0.2) is 25.8 Å². The molecule has 0 unspecified atom stereocenters. The van der Waals surface area contributed by atoms with Crippen molar-refractivity contribution in [1.29, 1.82) is 0 Å². The number of aryl methyl sites for hydroxylation is 1. The van der Waals surface area contributed by atoms with Crippen LogP contribution in [0.3, 0.4) is 0 Å². The van der Waals surface area contributed by atoms with Crippen molar-refractivity contribution < 1.29 is 8.42 Å². The monoisotopic (exact) mass is 296 g/mol. The van der Waals surface area contributed by atoms with Gasteiger partial charge in [-0.05, 0) is 42.4 Å². The molecule has 112 valence electrons. The number of rotatable bonds is 3. The van der Waals surface area contributed by atoms with Crippen molar-refractivity contribution in [2.45, 2.75) is 45.1 Å². The lowest BCUT2D eigenvalue weighted by Gasteiger charge is -2.37. The van der Waals surface area contributed by atoms with Gasteiger partial charge in [0.25, 0.3) is 0 Å². The summed E-state index contributed by atoms with van der Waals surface area (Å²) >= 11 is 0. The zero-order valence-electron chi connectivity index (χ0n) is 12.5. The minimum atomic E-state index is -3.40. The Morgan fingerprint density at radius 2 is 2.05 bits per heavy atom. The molecular weight excluding hydrogens is 272 g/mol. The van der Waals surface area contributed by atoms with Crippen molar-refractivity contribution in [2.75, 3.05) is 13.1 Å². The molecule has 0 amide bonds. The highest BCUT2D eigenvalue weighted by Crippen LogP contribution is 2.32. The summed E-state index contributed by atoms with van der Waals surface area (Å²) < 4.78 is 27.2. The number of sulfonamides is 1. The summed E-state index contributed by atoms with van der Waals surface area (Å²) in [6, 6.07) is 5.35. The number of hydrogen-bond acceptors (Lipinski definition) is 3. The highest BCUT2D eigenvalue weighted by Gasteiger charge is 2.34. The van der Waals surface area contributed by atoms with E-state index in [1.165, 1.54) is 0 Å². The molecular formula is C15H24N2O2S. The summed E-state index contributed by atoms with van der Waals surface area (Å²) in [7, 11) is -3.40. The molecule has 0 atom stereocenters. The van der Waals surface area contributed by atoms with Gasteiger partial charge in [-0.15, -0.1) is 0 Å². The molecule has 1 aromatic carbocycles. The van der Waals surface area contributed by atoms with Crippen LogP contribution in [0.5, 0.6) is 0 Å². The number of benzene rings is 1. The molecule has 2 rings (SSSR count). The number of nitrogens with zero attached hydrogens (tertiary/aromatic N) is 1. The first-order valence-electron chi connectivity index (χ1n) is 7.06. The number of hydrogen-bond donors (Lipinski definition) is 1.